The summed E-state index contributed by atoms with van der Waals surface area (Å²) in [5.74, 6) is 0. The van der Waals surface area contributed by atoms with Gasteiger partial charge in [0, 0.05) is 20.9 Å². The van der Waals surface area contributed by atoms with Crippen LogP contribution in [0.15, 0.2) is 11.2 Å². The first-order valence-electron chi connectivity index (χ1n) is 7.30. The molecule has 0 fully saturated rings. The summed E-state index contributed by atoms with van der Waals surface area (Å²) in [6.07, 6.45) is 1.13. The number of ether oxygens (including phenoxy) is 1. The molecule has 0 N–H and O–H groups in total. The van der Waals surface area contributed by atoms with E-state index < -0.39 is 17.9 Å². The molecule has 2 aromatic heterocycles. The first-order valence-corrected chi connectivity index (χ1v) is 13.3. The van der Waals surface area contributed by atoms with Crippen molar-refractivity contribution in [1.82, 2.24) is 14.5 Å². The third-order valence-corrected chi connectivity index (χ3v) is 6.42. The van der Waals surface area contributed by atoms with Crippen molar-refractivity contribution in [2.75, 3.05) is 12.9 Å². The van der Waals surface area contributed by atoms with E-state index in [0.717, 1.165) is 12.3 Å². The molecule has 0 radical (unpaired) electrons. The van der Waals surface area contributed by atoms with Crippen molar-refractivity contribution >= 4 is 40.7 Å². The first kappa shape index (κ1) is 18.4. The summed E-state index contributed by atoms with van der Waals surface area (Å²) < 4.78 is 31.2. The molecule has 0 aliphatic carbocycles. The van der Waals surface area contributed by atoms with E-state index in [2.05, 4.69) is 29.6 Å². The quantitative estimate of drug-likeness (QED) is 0.572. The van der Waals surface area contributed by atoms with Gasteiger partial charge in [-0.3, -0.25) is 4.57 Å². The van der Waals surface area contributed by atoms with Crippen LogP contribution in [-0.4, -0.2) is 43.9 Å². The number of pyridine rings is 1. The van der Waals surface area contributed by atoms with Crippen LogP contribution in [0.2, 0.25) is 30.7 Å². The van der Waals surface area contributed by atoms with E-state index in [1.807, 2.05) is 0 Å². The lowest BCUT2D eigenvalue weighted by Crippen LogP contribution is -2.22. The molecule has 2 heterocycles. The van der Waals surface area contributed by atoms with E-state index in [0.29, 0.717) is 28.5 Å². The van der Waals surface area contributed by atoms with Gasteiger partial charge in [0.25, 0.3) is 0 Å². The average Bonchev–Trinajstić information content (AvgIpc) is 2.72. The molecular formula is C14H22ClN3O3SSi. The zero-order chi connectivity index (χ0) is 17.4. The molecule has 2 rings (SSSR count). The summed E-state index contributed by atoms with van der Waals surface area (Å²) in [4.78, 5) is 8.54. The molecule has 128 valence electrons. The molecule has 0 spiro atoms. The van der Waals surface area contributed by atoms with Crippen LogP contribution in [0.1, 0.15) is 5.69 Å². The number of halogens is 1. The van der Waals surface area contributed by atoms with Crippen LogP contribution in [0.4, 0.5) is 0 Å². The summed E-state index contributed by atoms with van der Waals surface area (Å²) >= 11 is 6.05. The van der Waals surface area contributed by atoms with Gasteiger partial charge < -0.3 is 4.74 Å². The zero-order valence-electron chi connectivity index (χ0n) is 14.1. The molecular weight excluding hydrogens is 354 g/mol. The topological polar surface area (TPSA) is 74.1 Å². The molecule has 0 aromatic carbocycles. The normalized spacial score (nSPS) is 13.0. The van der Waals surface area contributed by atoms with Gasteiger partial charge in [0.2, 0.25) is 15.0 Å². The van der Waals surface area contributed by atoms with E-state index in [1.165, 1.54) is 4.57 Å². The Balaban J connectivity index is 2.37. The fourth-order valence-corrected chi connectivity index (χ4v) is 3.73. The van der Waals surface area contributed by atoms with Crippen molar-refractivity contribution in [3.05, 3.63) is 16.8 Å². The summed E-state index contributed by atoms with van der Waals surface area (Å²) in [6, 6.07) is 2.64. The lowest BCUT2D eigenvalue weighted by Gasteiger charge is -2.16. The number of sulfone groups is 1. The minimum Gasteiger partial charge on any atom is -0.361 e. The summed E-state index contributed by atoms with van der Waals surface area (Å²) in [6.45, 7) is 9.25. The van der Waals surface area contributed by atoms with Gasteiger partial charge >= 0.3 is 0 Å². The SMILES string of the molecule is Cc1nc2c(cc1Cl)nc(S(C)(=O)=O)n2COCC[Si](C)(C)C. The van der Waals surface area contributed by atoms with Gasteiger partial charge in [0.05, 0.1) is 10.7 Å². The van der Waals surface area contributed by atoms with Gasteiger partial charge in [-0.1, -0.05) is 31.2 Å². The highest BCUT2D eigenvalue weighted by atomic mass is 35.5. The molecule has 0 unspecified atom stereocenters. The molecule has 0 bridgehead atoms. The van der Waals surface area contributed by atoms with Crippen molar-refractivity contribution in [3.8, 4) is 0 Å². The van der Waals surface area contributed by atoms with E-state index in [-0.39, 0.29) is 11.9 Å². The van der Waals surface area contributed by atoms with Gasteiger partial charge in [0.1, 0.15) is 12.2 Å². The van der Waals surface area contributed by atoms with Gasteiger partial charge in [-0.25, -0.2) is 18.4 Å². The van der Waals surface area contributed by atoms with Crippen LogP contribution in [-0.2, 0) is 21.3 Å². The van der Waals surface area contributed by atoms with E-state index in [1.54, 1.807) is 13.0 Å². The minimum atomic E-state index is -3.49. The lowest BCUT2D eigenvalue weighted by molar-refractivity contribution is 0.0834. The Labute approximate surface area is 142 Å². The van der Waals surface area contributed by atoms with Crippen LogP contribution < -0.4 is 0 Å². The Morgan fingerprint density at radius 1 is 1.30 bits per heavy atom. The van der Waals surface area contributed by atoms with E-state index in [4.69, 9.17) is 16.3 Å². The molecule has 0 saturated heterocycles. The fourth-order valence-electron chi connectivity index (χ4n) is 2.03. The van der Waals surface area contributed by atoms with E-state index in [9.17, 15) is 8.42 Å². The molecule has 9 heteroatoms. The lowest BCUT2D eigenvalue weighted by atomic mass is 10.3. The third kappa shape index (κ3) is 4.53. The largest absolute Gasteiger partial charge is 0.361 e. The fraction of sp³-hybridized carbons (Fsp3) is 0.571. The van der Waals surface area contributed by atoms with Crippen LogP contribution >= 0.6 is 11.6 Å². The minimum absolute atomic E-state index is 0.0466. The number of fused-ring (bicyclic) bond motifs is 1. The molecule has 0 aliphatic rings. The van der Waals surface area contributed by atoms with Crippen LogP contribution in [0.25, 0.3) is 11.2 Å². The second-order valence-corrected chi connectivity index (χ2v) is 14.8. The number of nitrogens with zero attached hydrogens (tertiary/aromatic N) is 3. The maximum absolute atomic E-state index is 12.0. The molecule has 0 saturated carbocycles. The summed E-state index contributed by atoms with van der Waals surface area (Å²) in [5.41, 5.74) is 1.55. The Bertz CT molecular complexity index is 828. The molecule has 23 heavy (non-hydrogen) atoms. The zero-order valence-corrected chi connectivity index (χ0v) is 16.6. The number of imidazole rings is 1. The van der Waals surface area contributed by atoms with Crippen LogP contribution in [0, 0.1) is 6.92 Å². The molecule has 0 amide bonds. The monoisotopic (exact) mass is 375 g/mol. The molecule has 2 aromatic rings. The Morgan fingerprint density at radius 2 is 1.96 bits per heavy atom. The summed E-state index contributed by atoms with van der Waals surface area (Å²) in [5, 5.41) is 0.413. The Hall–Kier alpha value is -0.963. The Kier molecular flexibility index (Phi) is 5.20. The number of rotatable bonds is 6. The third-order valence-electron chi connectivity index (χ3n) is 3.36. The number of aromatic nitrogens is 3. The van der Waals surface area contributed by atoms with Crippen LogP contribution in [0.3, 0.4) is 0 Å². The number of aryl methyl sites for hydroxylation is 1. The number of hydrogen-bond acceptors (Lipinski definition) is 5. The average molecular weight is 376 g/mol. The maximum atomic E-state index is 12.0. The predicted molar refractivity (Wildman–Crippen MR) is 94.5 cm³/mol. The molecule has 0 aliphatic heterocycles. The highest BCUT2D eigenvalue weighted by molar-refractivity contribution is 7.90. The second kappa shape index (κ2) is 6.50. The van der Waals surface area contributed by atoms with Crippen molar-refractivity contribution in [2.24, 2.45) is 0 Å². The predicted octanol–water partition coefficient (Wildman–Crippen LogP) is 3.11. The second-order valence-electron chi connectivity index (χ2n) is 6.84. The van der Waals surface area contributed by atoms with Gasteiger partial charge in [-0.15, -0.1) is 0 Å². The standard InChI is InChI=1S/C14H22ClN3O3SSi/c1-10-11(15)8-12-13(16-10)18(14(17-12)22(2,19)20)9-21-6-7-23(3,4)5/h8H,6-7,9H2,1-5H3. The van der Waals surface area contributed by atoms with Crippen molar-refractivity contribution in [2.45, 2.75) is 44.5 Å². The summed E-state index contributed by atoms with van der Waals surface area (Å²) in [7, 11) is -4.69. The van der Waals surface area contributed by atoms with Gasteiger partial charge in [0.15, 0.2) is 5.65 Å². The maximum Gasteiger partial charge on any atom is 0.231 e. The number of hydrogen-bond donors (Lipinski definition) is 0. The van der Waals surface area contributed by atoms with Crippen molar-refractivity contribution in [3.63, 3.8) is 0 Å². The van der Waals surface area contributed by atoms with Crippen molar-refractivity contribution < 1.29 is 13.2 Å². The van der Waals surface area contributed by atoms with E-state index >= 15 is 0 Å². The van der Waals surface area contributed by atoms with Gasteiger partial charge in [-0.05, 0) is 19.0 Å². The highest BCUT2D eigenvalue weighted by Crippen LogP contribution is 2.23. The smallest absolute Gasteiger partial charge is 0.231 e. The molecule has 0 atom stereocenters. The first-order chi connectivity index (χ1) is 10.5. The molecule has 6 nitrogen and oxygen atoms in total. The van der Waals surface area contributed by atoms with Gasteiger partial charge in [-0.2, -0.15) is 0 Å². The highest BCUT2D eigenvalue weighted by Gasteiger charge is 2.21. The Morgan fingerprint density at radius 3 is 2.52 bits per heavy atom. The van der Waals surface area contributed by atoms with Crippen LogP contribution in [0.5, 0.6) is 0 Å². The van der Waals surface area contributed by atoms with Crippen molar-refractivity contribution in [1.29, 1.82) is 0 Å².